The number of unbranched alkanes of at least 4 members (excludes halogenated alkanes) is 9. The van der Waals surface area contributed by atoms with Gasteiger partial charge in [0.1, 0.15) is 0 Å². The summed E-state index contributed by atoms with van der Waals surface area (Å²) < 4.78 is 1.70. The Morgan fingerprint density at radius 2 is 0.627 bits per heavy atom. The summed E-state index contributed by atoms with van der Waals surface area (Å²) in [6.45, 7) is 18.6. The van der Waals surface area contributed by atoms with Gasteiger partial charge in [0, 0.05) is 22.3 Å². The van der Waals surface area contributed by atoms with Crippen LogP contribution in [-0.2, 0) is 38.5 Å². The van der Waals surface area contributed by atoms with E-state index in [4.69, 9.17) is 0 Å². The van der Waals surface area contributed by atoms with Crippen LogP contribution in [0.1, 0.15) is 222 Å². The normalized spacial score (nSPS) is 13.4. The zero-order chi connectivity index (χ0) is 37.0. The number of benzene rings is 2. The summed E-state index contributed by atoms with van der Waals surface area (Å²) in [5.41, 5.74) is 29.6. The highest BCUT2D eigenvalue weighted by Crippen LogP contribution is 2.46. The Morgan fingerprint density at radius 3 is 0.941 bits per heavy atom. The fourth-order valence-corrected chi connectivity index (χ4v) is 8.27. The van der Waals surface area contributed by atoms with Gasteiger partial charge in [-0.3, -0.25) is 0 Å². The summed E-state index contributed by atoms with van der Waals surface area (Å²) in [5, 5.41) is 0. The molecule has 0 aromatic heterocycles. The maximum Gasteiger partial charge on any atom is 0.211 e. The lowest BCUT2D eigenvalue weighted by Crippen LogP contribution is -2.09. The van der Waals surface area contributed by atoms with Crippen molar-refractivity contribution >= 4 is 11.4 Å². The van der Waals surface area contributed by atoms with E-state index < -0.39 is 0 Å². The lowest BCUT2D eigenvalue weighted by Gasteiger charge is -2.20. The smallest absolute Gasteiger partial charge is 0.211 e. The van der Waals surface area contributed by atoms with Crippen LogP contribution in [0.4, 0.5) is 0 Å². The van der Waals surface area contributed by atoms with Crippen molar-refractivity contribution in [2.45, 2.75) is 216 Å². The maximum absolute atomic E-state index is 12.8. The third-order valence-corrected chi connectivity index (χ3v) is 11.3. The molecule has 0 saturated carbocycles. The molecule has 0 saturated heterocycles. The van der Waals surface area contributed by atoms with Crippen molar-refractivity contribution in [3.8, 4) is 0 Å². The average molecular weight is 695 g/mol. The Kier molecular flexibility index (Phi) is 20.2. The molecule has 2 heteroatoms. The zero-order valence-electron chi connectivity index (χ0n) is 34.9. The minimum absolute atomic E-state index is 1.03. The first-order chi connectivity index (χ1) is 24.9. The van der Waals surface area contributed by atoms with Gasteiger partial charge in [-0.1, -0.05) is 113 Å². The van der Waals surface area contributed by atoms with Gasteiger partial charge in [-0.25, -0.2) is 4.70 Å². The third kappa shape index (κ3) is 12.0. The van der Waals surface area contributed by atoms with Gasteiger partial charge in [0.25, 0.3) is 0 Å². The molecule has 0 spiro atoms. The van der Waals surface area contributed by atoms with Gasteiger partial charge in [-0.15, -0.1) is 0 Å². The van der Waals surface area contributed by atoms with Crippen LogP contribution in [0.2, 0.25) is 0 Å². The molecule has 0 aliphatic carbocycles. The quantitative estimate of drug-likeness (QED) is 0.0657. The van der Waals surface area contributed by atoms with Crippen LogP contribution >= 0.6 is 0 Å². The molecular weight excluding hydrogens is 617 g/mol. The second-order valence-electron chi connectivity index (χ2n) is 15.7. The molecule has 1 heterocycles. The van der Waals surface area contributed by atoms with Crippen LogP contribution < -0.4 is 0 Å². The molecule has 1 aliphatic rings. The highest BCUT2D eigenvalue weighted by atomic mass is 15.2. The molecular formula is C49H78N2. The molecule has 51 heavy (non-hydrogen) atoms. The molecule has 0 amide bonds. The van der Waals surface area contributed by atoms with Crippen molar-refractivity contribution in [3.05, 3.63) is 85.5 Å². The van der Waals surface area contributed by atoms with E-state index in [-0.39, 0.29) is 0 Å². The largest absolute Gasteiger partial charge is 0.493 e. The molecule has 0 radical (unpaired) electrons. The molecule has 2 aromatic rings. The predicted molar refractivity (Wildman–Crippen MR) is 226 cm³/mol. The van der Waals surface area contributed by atoms with Crippen molar-refractivity contribution in [2.24, 2.45) is 0 Å². The van der Waals surface area contributed by atoms with E-state index >= 15 is 0 Å². The Hall–Kier alpha value is -2.48. The fraction of sp³-hybridized carbons (Fsp3) is 0.673. The van der Waals surface area contributed by atoms with Crippen molar-refractivity contribution in [1.82, 2.24) is 0 Å². The first kappa shape index (κ1) is 42.9. The number of aryl methyl sites for hydroxylation is 4. The van der Waals surface area contributed by atoms with E-state index in [0.717, 1.165) is 62.8 Å². The highest BCUT2D eigenvalue weighted by Gasteiger charge is 2.36. The van der Waals surface area contributed by atoms with Crippen molar-refractivity contribution in [2.75, 3.05) is 0 Å². The van der Waals surface area contributed by atoms with Crippen molar-refractivity contribution in [1.29, 1.82) is 0 Å². The molecule has 0 fully saturated rings. The predicted octanol–water partition coefficient (Wildman–Crippen LogP) is 15.7. The Balaban J connectivity index is 2.36. The third-order valence-electron chi connectivity index (χ3n) is 11.3. The van der Waals surface area contributed by atoms with Gasteiger partial charge in [-0.2, -0.15) is 0 Å². The van der Waals surface area contributed by atoms with E-state index in [9.17, 15) is 5.53 Å². The molecule has 3 rings (SSSR count). The molecule has 0 bridgehead atoms. The molecule has 0 N–H and O–H groups in total. The van der Waals surface area contributed by atoms with Gasteiger partial charge in [0.2, 0.25) is 11.4 Å². The Morgan fingerprint density at radius 1 is 0.353 bits per heavy atom. The fourth-order valence-electron chi connectivity index (χ4n) is 8.27. The van der Waals surface area contributed by atoms with E-state index in [1.54, 1.807) is 15.8 Å². The second kappa shape index (κ2) is 24.0. The Labute approximate surface area is 316 Å². The van der Waals surface area contributed by atoms with Crippen LogP contribution in [-0.4, -0.2) is 4.70 Å². The van der Waals surface area contributed by atoms with E-state index in [1.165, 1.54) is 154 Å². The summed E-state index contributed by atoms with van der Waals surface area (Å²) >= 11 is 0. The number of rotatable bonds is 27. The zero-order valence-corrected chi connectivity index (χ0v) is 34.9. The topological polar surface area (TPSA) is 25.3 Å². The van der Waals surface area contributed by atoms with Crippen LogP contribution in [0, 0.1) is 0 Å². The summed E-state index contributed by atoms with van der Waals surface area (Å²) in [7, 11) is 0. The number of hydrogen-bond donors (Lipinski definition) is 0. The molecule has 2 nitrogen and oxygen atoms in total. The minimum atomic E-state index is 1.03. The van der Waals surface area contributed by atoms with Gasteiger partial charge < -0.3 is 5.53 Å². The van der Waals surface area contributed by atoms with Crippen molar-refractivity contribution in [3.63, 3.8) is 0 Å². The van der Waals surface area contributed by atoms with E-state index in [2.05, 4.69) is 79.7 Å². The monoisotopic (exact) mass is 695 g/mol. The Bertz CT molecular complexity index is 1360. The average Bonchev–Trinajstić information content (AvgIpc) is 3.42. The summed E-state index contributed by atoms with van der Waals surface area (Å²) in [6.07, 6.45) is 29.5. The molecule has 2 aromatic carbocycles. The maximum atomic E-state index is 12.8. The molecule has 0 atom stereocenters. The van der Waals surface area contributed by atoms with E-state index in [0.29, 0.717) is 0 Å². The lowest BCUT2D eigenvalue weighted by atomic mass is 9.86. The summed E-state index contributed by atoms with van der Waals surface area (Å²) in [4.78, 5) is 0. The highest BCUT2D eigenvalue weighted by molar-refractivity contribution is 5.83. The molecule has 284 valence electrons. The summed E-state index contributed by atoms with van der Waals surface area (Å²) in [6, 6.07) is 10.1. The minimum Gasteiger partial charge on any atom is -0.493 e. The SMILES string of the molecule is CCCCCC1=C(c2cc(CCCC)c(CCCC)c(CCCC)c2)[N+](=[N-])C(c2cc(CCCC)c(CCCC)c(CCCC)c2)=C1CCCC. The van der Waals surface area contributed by atoms with Crippen LogP contribution in [0.25, 0.3) is 16.9 Å². The van der Waals surface area contributed by atoms with Crippen LogP contribution in [0.5, 0.6) is 0 Å². The first-order valence-electron chi connectivity index (χ1n) is 22.2. The van der Waals surface area contributed by atoms with E-state index in [1.807, 2.05) is 0 Å². The molecule has 1 aliphatic heterocycles. The van der Waals surface area contributed by atoms with Gasteiger partial charge in [0.05, 0.1) is 0 Å². The van der Waals surface area contributed by atoms with Crippen LogP contribution in [0.15, 0.2) is 35.4 Å². The number of nitrogens with zero attached hydrogens (tertiary/aromatic N) is 2. The van der Waals surface area contributed by atoms with Crippen molar-refractivity contribution < 1.29 is 4.70 Å². The molecule has 0 unspecified atom stereocenters. The van der Waals surface area contributed by atoms with Gasteiger partial charge in [-0.05, 0) is 160 Å². The second-order valence-corrected chi connectivity index (χ2v) is 15.7. The first-order valence-corrected chi connectivity index (χ1v) is 22.2. The standard InChI is InChI=1S/C49H78N2/c1-9-17-25-33-47-46(32-24-16-8)48(42-34-38(26-18-10-2)44(30-22-14-6)39(35-42)27-19-11-3)51(50)49(47)43-36-40(28-20-12-4)45(31-23-15-7)41(37-43)29-21-13-5/h34-37H,9-33H2,1-8H3. The lowest BCUT2D eigenvalue weighted by molar-refractivity contribution is -0.345. The van der Waals surface area contributed by atoms with Gasteiger partial charge >= 0.3 is 0 Å². The number of hydrogen-bond acceptors (Lipinski definition) is 0. The number of allylic oxidation sites excluding steroid dienone is 2. The van der Waals surface area contributed by atoms with Gasteiger partial charge in [0.15, 0.2) is 0 Å². The summed E-state index contributed by atoms with van der Waals surface area (Å²) in [5.74, 6) is 0. The van der Waals surface area contributed by atoms with Crippen LogP contribution in [0.3, 0.4) is 0 Å².